The number of rotatable bonds is 8. The standard InChI is InChI=1S/C27H26F4N4O3/c28-21-8-4-5-9-22(21)35-16-20(24(34-35)27(29,30)31)26(38)33-15-14-32-25(37)19-12-10-18(11-13-19)23(36)17-6-2-1-3-7-17/h1-9,16,18-19H,10-15H2,(H,32,37)(H,33,38). The maximum atomic E-state index is 14.0. The summed E-state index contributed by atoms with van der Waals surface area (Å²) in [5.74, 6) is -2.40. The van der Waals surface area contributed by atoms with Crippen LogP contribution in [-0.2, 0) is 11.0 Å². The van der Waals surface area contributed by atoms with Crippen molar-refractivity contribution < 1.29 is 31.9 Å². The van der Waals surface area contributed by atoms with Gasteiger partial charge in [-0.2, -0.15) is 18.3 Å². The van der Waals surface area contributed by atoms with Crippen LogP contribution in [-0.4, -0.2) is 40.5 Å². The molecule has 1 fully saturated rings. The maximum absolute atomic E-state index is 14.0. The van der Waals surface area contributed by atoms with Crippen molar-refractivity contribution in [1.82, 2.24) is 20.4 Å². The number of benzene rings is 2. The lowest BCUT2D eigenvalue weighted by Gasteiger charge is -2.27. The van der Waals surface area contributed by atoms with Crippen molar-refractivity contribution in [2.75, 3.05) is 13.1 Å². The van der Waals surface area contributed by atoms with Crippen LogP contribution in [0.4, 0.5) is 17.6 Å². The van der Waals surface area contributed by atoms with Crippen molar-refractivity contribution >= 4 is 17.6 Å². The van der Waals surface area contributed by atoms with Gasteiger partial charge in [0.25, 0.3) is 5.91 Å². The van der Waals surface area contributed by atoms with E-state index in [4.69, 9.17) is 0 Å². The summed E-state index contributed by atoms with van der Waals surface area (Å²) in [5, 5.41) is 8.42. The fourth-order valence-corrected chi connectivity index (χ4v) is 4.57. The predicted molar refractivity (Wildman–Crippen MR) is 130 cm³/mol. The van der Waals surface area contributed by atoms with Gasteiger partial charge in [0, 0.05) is 36.7 Å². The lowest BCUT2D eigenvalue weighted by atomic mass is 9.78. The number of carbonyl (C=O) groups excluding carboxylic acids is 3. The molecule has 7 nitrogen and oxygen atoms in total. The molecule has 0 atom stereocenters. The SMILES string of the molecule is O=C(NCCNC(=O)C1CCC(C(=O)c2ccccc2)CC1)c1cn(-c2ccccc2F)nc1C(F)(F)F. The maximum Gasteiger partial charge on any atom is 0.435 e. The third kappa shape index (κ3) is 6.27. The second-order valence-electron chi connectivity index (χ2n) is 9.11. The highest BCUT2D eigenvalue weighted by atomic mass is 19.4. The molecule has 38 heavy (non-hydrogen) atoms. The van der Waals surface area contributed by atoms with E-state index < -0.39 is 29.2 Å². The van der Waals surface area contributed by atoms with E-state index in [1.54, 1.807) is 12.1 Å². The second kappa shape index (κ2) is 11.6. The summed E-state index contributed by atoms with van der Waals surface area (Å²) in [6.45, 7) is -0.106. The van der Waals surface area contributed by atoms with E-state index in [-0.39, 0.29) is 42.3 Å². The Balaban J connectivity index is 1.27. The van der Waals surface area contributed by atoms with Gasteiger partial charge >= 0.3 is 6.18 Å². The normalized spacial score (nSPS) is 17.6. The number of ketones is 1. The van der Waals surface area contributed by atoms with E-state index >= 15 is 0 Å². The van der Waals surface area contributed by atoms with Crippen LogP contribution >= 0.6 is 0 Å². The summed E-state index contributed by atoms with van der Waals surface area (Å²) < 4.78 is 55.2. The highest BCUT2D eigenvalue weighted by molar-refractivity contribution is 5.98. The Hall–Kier alpha value is -4.02. The number of carbonyl (C=O) groups is 3. The number of nitrogens with zero attached hydrogens (tertiary/aromatic N) is 2. The molecule has 0 saturated heterocycles. The monoisotopic (exact) mass is 530 g/mol. The van der Waals surface area contributed by atoms with Gasteiger partial charge in [-0.1, -0.05) is 42.5 Å². The molecular weight excluding hydrogens is 504 g/mol. The molecule has 1 aliphatic rings. The van der Waals surface area contributed by atoms with Crippen molar-refractivity contribution in [2.24, 2.45) is 11.8 Å². The zero-order valence-corrected chi connectivity index (χ0v) is 20.3. The van der Waals surface area contributed by atoms with E-state index in [0.29, 0.717) is 35.9 Å². The van der Waals surface area contributed by atoms with Crippen LogP contribution in [0.3, 0.4) is 0 Å². The number of nitrogens with one attached hydrogen (secondary N) is 2. The van der Waals surface area contributed by atoms with Gasteiger partial charge in [0.2, 0.25) is 5.91 Å². The third-order valence-corrected chi connectivity index (χ3v) is 6.56. The summed E-state index contributed by atoms with van der Waals surface area (Å²) in [6, 6.07) is 14.1. The van der Waals surface area contributed by atoms with Gasteiger partial charge in [-0.05, 0) is 37.8 Å². The molecule has 0 bridgehead atoms. The molecule has 0 unspecified atom stereocenters. The molecule has 2 amide bonds. The molecule has 200 valence electrons. The summed E-state index contributed by atoms with van der Waals surface area (Å²) in [5.41, 5.74) is -1.77. The highest BCUT2D eigenvalue weighted by Gasteiger charge is 2.39. The summed E-state index contributed by atoms with van der Waals surface area (Å²) >= 11 is 0. The molecule has 1 aliphatic carbocycles. The summed E-state index contributed by atoms with van der Waals surface area (Å²) in [4.78, 5) is 37.6. The number of para-hydroxylation sites is 1. The van der Waals surface area contributed by atoms with Crippen molar-refractivity contribution in [3.8, 4) is 5.69 Å². The largest absolute Gasteiger partial charge is 0.435 e. The van der Waals surface area contributed by atoms with Crippen molar-refractivity contribution in [2.45, 2.75) is 31.9 Å². The lowest BCUT2D eigenvalue weighted by molar-refractivity contribution is -0.141. The van der Waals surface area contributed by atoms with E-state index in [2.05, 4.69) is 15.7 Å². The Bertz CT molecular complexity index is 1300. The quantitative estimate of drug-likeness (QED) is 0.254. The van der Waals surface area contributed by atoms with Crippen LogP contribution in [0.2, 0.25) is 0 Å². The van der Waals surface area contributed by atoms with Gasteiger partial charge < -0.3 is 10.6 Å². The Morgan fingerprint density at radius 2 is 1.47 bits per heavy atom. The van der Waals surface area contributed by atoms with Gasteiger partial charge in [-0.3, -0.25) is 14.4 Å². The predicted octanol–water partition coefficient (Wildman–Crippen LogP) is 4.57. The Morgan fingerprint density at radius 3 is 2.13 bits per heavy atom. The van der Waals surface area contributed by atoms with Crippen LogP contribution < -0.4 is 10.6 Å². The average molecular weight is 531 g/mol. The van der Waals surface area contributed by atoms with Gasteiger partial charge in [0.1, 0.15) is 11.5 Å². The fourth-order valence-electron chi connectivity index (χ4n) is 4.57. The molecule has 2 aromatic carbocycles. The number of Topliss-reactive ketones (excluding diaryl/α,β-unsaturated/α-hetero) is 1. The molecule has 11 heteroatoms. The number of hydrogen-bond donors (Lipinski definition) is 2. The Labute approximate surface area is 216 Å². The van der Waals surface area contributed by atoms with Crippen molar-refractivity contribution in [1.29, 1.82) is 0 Å². The minimum atomic E-state index is -4.93. The summed E-state index contributed by atoms with van der Waals surface area (Å²) in [6.07, 6.45) is -1.83. The molecule has 0 radical (unpaired) electrons. The zero-order valence-electron chi connectivity index (χ0n) is 20.3. The molecule has 0 spiro atoms. The molecule has 2 N–H and O–H groups in total. The molecule has 1 aromatic heterocycles. The van der Waals surface area contributed by atoms with Gasteiger partial charge in [0.15, 0.2) is 11.5 Å². The topological polar surface area (TPSA) is 93.1 Å². The van der Waals surface area contributed by atoms with Crippen LogP contribution in [0.25, 0.3) is 5.69 Å². The van der Waals surface area contributed by atoms with Gasteiger partial charge in [-0.15, -0.1) is 0 Å². The second-order valence-corrected chi connectivity index (χ2v) is 9.11. The number of halogens is 4. The van der Waals surface area contributed by atoms with Gasteiger partial charge in [0.05, 0.1) is 5.56 Å². The minimum Gasteiger partial charge on any atom is -0.354 e. The summed E-state index contributed by atoms with van der Waals surface area (Å²) in [7, 11) is 0. The first-order chi connectivity index (χ1) is 18.1. The smallest absolute Gasteiger partial charge is 0.354 e. The molecule has 1 saturated carbocycles. The number of hydrogen-bond acceptors (Lipinski definition) is 4. The van der Waals surface area contributed by atoms with E-state index in [1.807, 2.05) is 18.2 Å². The van der Waals surface area contributed by atoms with Crippen molar-refractivity contribution in [3.05, 3.63) is 83.4 Å². The lowest BCUT2D eigenvalue weighted by Crippen LogP contribution is -2.39. The third-order valence-electron chi connectivity index (χ3n) is 6.56. The highest BCUT2D eigenvalue weighted by Crippen LogP contribution is 2.32. The van der Waals surface area contributed by atoms with Crippen LogP contribution in [0.1, 0.15) is 52.1 Å². The molecule has 1 heterocycles. The van der Waals surface area contributed by atoms with Crippen LogP contribution in [0.5, 0.6) is 0 Å². The molecule has 0 aliphatic heterocycles. The van der Waals surface area contributed by atoms with Crippen molar-refractivity contribution in [3.63, 3.8) is 0 Å². The first kappa shape index (κ1) is 27.0. The van der Waals surface area contributed by atoms with Crippen LogP contribution in [0, 0.1) is 17.7 Å². The molecule has 3 aromatic rings. The Kier molecular flexibility index (Phi) is 8.23. The molecule has 4 rings (SSSR count). The first-order valence-corrected chi connectivity index (χ1v) is 12.2. The minimum absolute atomic E-state index is 0.0102. The zero-order chi connectivity index (χ0) is 27.3. The number of aromatic nitrogens is 2. The van der Waals surface area contributed by atoms with E-state index in [9.17, 15) is 31.9 Å². The van der Waals surface area contributed by atoms with E-state index in [0.717, 1.165) is 12.3 Å². The number of alkyl halides is 3. The molecular formula is C27H26F4N4O3. The first-order valence-electron chi connectivity index (χ1n) is 12.2. The van der Waals surface area contributed by atoms with E-state index in [1.165, 1.54) is 18.2 Å². The van der Waals surface area contributed by atoms with Crippen LogP contribution in [0.15, 0.2) is 60.8 Å². The van der Waals surface area contributed by atoms with Gasteiger partial charge in [-0.25, -0.2) is 9.07 Å². The average Bonchev–Trinajstić information content (AvgIpc) is 3.38. The fraction of sp³-hybridized carbons (Fsp3) is 0.333. The Morgan fingerprint density at radius 1 is 0.868 bits per heavy atom. The number of amides is 2.